The van der Waals surface area contributed by atoms with Gasteiger partial charge in [0.15, 0.2) is 0 Å². The van der Waals surface area contributed by atoms with Crippen molar-refractivity contribution in [2.45, 2.75) is 44.8 Å². The van der Waals surface area contributed by atoms with Gasteiger partial charge in [0, 0.05) is 34.9 Å². The second-order valence-corrected chi connectivity index (χ2v) is 6.64. The summed E-state index contributed by atoms with van der Waals surface area (Å²) in [5, 5.41) is 3.66. The zero-order chi connectivity index (χ0) is 11.7. The molecular formula is C14H21NOS. The molecule has 0 amide bonds. The van der Waals surface area contributed by atoms with Crippen LogP contribution in [0.1, 0.15) is 41.5 Å². The van der Waals surface area contributed by atoms with Crippen LogP contribution < -0.4 is 5.32 Å². The Hall–Kier alpha value is -0.380. The predicted octanol–water partition coefficient (Wildman–Crippen LogP) is 3.28. The van der Waals surface area contributed by atoms with Crippen molar-refractivity contribution in [2.24, 2.45) is 5.92 Å². The lowest BCUT2D eigenvalue weighted by atomic mass is 9.93. The van der Waals surface area contributed by atoms with Crippen LogP contribution in [0.25, 0.3) is 0 Å². The Kier molecular flexibility index (Phi) is 3.50. The molecule has 1 saturated heterocycles. The molecule has 2 atom stereocenters. The molecular weight excluding hydrogens is 230 g/mol. The summed E-state index contributed by atoms with van der Waals surface area (Å²) in [5.74, 6) is 0.669. The molecule has 2 aliphatic rings. The molecule has 0 aromatic carbocycles. The number of aryl methyl sites for hydroxylation is 1. The second kappa shape index (κ2) is 5.09. The molecule has 1 N–H and O–H groups in total. The van der Waals surface area contributed by atoms with Gasteiger partial charge >= 0.3 is 0 Å². The maximum absolute atomic E-state index is 6.01. The highest BCUT2D eigenvalue weighted by atomic mass is 32.1. The van der Waals surface area contributed by atoms with E-state index in [1.807, 2.05) is 11.3 Å². The zero-order valence-corrected chi connectivity index (χ0v) is 11.3. The summed E-state index contributed by atoms with van der Waals surface area (Å²) in [6.45, 7) is 4.24. The molecule has 2 unspecified atom stereocenters. The van der Waals surface area contributed by atoms with Crippen LogP contribution in [0.2, 0.25) is 0 Å². The smallest absolute Gasteiger partial charge is 0.0956 e. The first kappa shape index (κ1) is 11.7. The van der Waals surface area contributed by atoms with Crippen molar-refractivity contribution in [3.8, 4) is 0 Å². The van der Waals surface area contributed by atoms with Gasteiger partial charge in [0.1, 0.15) is 0 Å². The van der Waals surface area contributed by atoms with E-state index >= 15 is 0 Å². The minimum Gasteiger partial charge on any atom is -0.372 e. The lowest BCUT2D eigenvalue weighted by Crippen LogP contribution is -2.32. The minimum absolute atomic E-state index is 0.341. The van der Waals surface area contributed by atoms with Crippen molar-refractivity contribution in [1.82, 2.24) is 5.32 Å². The highest BCUT2D eigenvalue weighted by molar-refractivity contribution is 7.12. The van der Waals surface area contributed by atoms with Gasteiger partial charge in [-0.25, -0.2) is 0 Å². The van der Waals surface area contributed by atoms with Crippen LogP contribution in [0, 0.1) is 12.8 Å². The van der Waals surface area contributed by atoms with Gasteiger partial charge in [-0.05, 0) is 44.7 Å². The molecule has 2 nitrogen and oxygen atoms in total. The summed E-state index contributed by atoms with van der Waals surface area (Å²) in [7, 11) is 0. The highest BCUT2D eigenvalue weighted by Crippen LogP contribution is 2.37. The van der Waals surface area contributed by atoms with Gasteiger partial charge in [-0.3, -0.25) is 0 Å². The average molecular weight is 251 g/mol. The van der Waals surface area contributed by atoms with Crippen molar-refractivity contribution in [2.75, 3.05) is 13.2 Å². The standard InChI is InChI=1S/C14H21NOS/c1-10-4-7-13(17-10)14-11(3-2-8-16-14)9-15-12-5-6-12/h4,7,11-12,14-15H,2-3,5-6,8-9H2,1H3. The lowest BCUT2D eigenvalue weighted by Gasteiger charge is -2.31. The van der Waals surface area contributed by atoms with Crippen molar-refractivity contribution in [1.29, 1.82) is 0 Å². The van der Waals surface area contributed by atoms with Crippen LogP contribution >= 0.6 is 11.3 Å². The van der Waals surface area contributed by atoms with E-state index in [1.54, 1.807) is 0 Å². The Morgan fingerprint density at radius 2 is 2.24 bits per heavy atom. The number of thiophene rings is 1. The molecule has 17 heavy (non-hydrogen) atoms. The monoisotopic (exact) mass is 251 g/mol. The third-order valence-electron chi connectivity index (χ3n) is 3.73. The summed E-state index contributed by atoms with van der Waals surface area (Å²) in [6.07, 6.45) is 5.61. The average Bonchev–Trinajstić information content (AvgIpc) is 3.08. The quantitative estimate of drug-likeness (QED) is 0.886. The molecule has 0 bridgehead atoms. The molecule has 0 spiro atoms. The normalized spacial score (nSPS) is 29.5. The summed E-state index contributed by atoms with van der Waals surface area (Å²) in [5.41, 5.74) is 0. The molecule has 2 fully saturated rings. The number of nitrogens with one attached hydrogen (secondary N) is 1. The highest BCUT2D eigenvalue weighted by Gasteiger charge is 2.30. The Morgan fingerprint density at radius 1 is 1.35 bits per heavy atom. The first-order chi connectivity index (χ1) is 8.33. The second-order valence-electron chi connectivity index (χ2n) is 5.32. The fraction of sp³-hybridized carbons (Fsp3) is 0.714. The third kappa shape index (κ3) is 2.90. The van der Waals surface area contributed by atoms with Gasteiger partial charge < -0.3 is 10.1 Å². The molecule has 1 aliphatic carbocycles. The molecule has 2 heterocycles. The van der Waals surface area contributed by atoms with Gasteiger partial charge in [-0.2, -0.15) is 0 Å². The summed E-state index contributed by atoms with van der Waals surface area (Å²) < 4.78 is 6.01. The molecule has 0 radical (unpaired) electrons. The summed E-state index contributed by atoms with van der Waals surface area (Å²) in [4.78, 5) is 2.81. The number of hydrogen-bond acceptors (Lipinski definition) is 3. The molecule has 3 rings (SSSR count). The first-order valence-electron chi connectivity index (χ1n) is 6.74. The molecule has 1 saturated carbocycles. The van der Waals surface area contributed by atoms with Crippen LogP contribution in [0.4, 0.5) is 0 Å². The number of hydrogen-bond donors (Lipinski definition) is 1. The van der Waals surface area contributed by atoms with Gasteiger partial charge in [0.25, 0.3) is 0 Å². The van der Waals surface area contributed by atoms with Crippen molar-refractivity contribution >= 4 is 11.3 Å². The van der Waals surface area contributed by atoms with Gasteiger partial charge in [-0.15, -0.1) is 11.3 Å². The Bertz CT molecular complexity index is 372. The summed E-state index contributed by atoms with van der Waals surface area (Å²) >= 11 is 1.90. The Morgan fingerprint density at radius 3 is 2.94 bits per heavy atom. The van der Waals surface area contributed by atoms with Gasteiger partial charge in [-0.1, -0.05) is 0 Å². The SMILES string of the molecule is Cc1ccc(C2OCCCC2CNC2CC2)s1. The van der Waals surface area contributed by atoms with E-state index in [-0.39, 0.29) is 0 Å². The van der Waals surface area contributed by atoms with Gasteiger partial charge in [0.05, 0.1) is 6.10 Å². The predicted molar refractivity (Wildman–Crippen MR) is 71.5 cm³/mol. The molecule has 3 heteroatoms. The van der Waals surface area contributed by atoms with Crippen LogP contribution in [0.15, 0.2) is 12.1 Å². The van der Waals surface area contributed by atoms with E-state index in [1.165, 1.54) is 35.4 Å². The Balaban J connectivity index is 1.65. The maximum Gasteiger partial charge on any atom is 0.0956 e. The van der Waals surface area contributed by atoms with Crippen LogP contribution in [-0.2, 0) is 4.74 Å². The van der Waals surface area contributed by atoms with Crippen LogP contribution in [-0.4, -0.2) is 19.2 Å². The number of ether oxygens (including phenoxy) is 1. The summed E-state index contributed by atoms with van der Waals surface area (Å²) in [6, 6.07) is 5.27. The molecule has 1 aromatic heterocycles. The molecule has 94 valence electrons. The van der Waals surface area contributed by atoms with Gasteiger partial charge in [0.2, 0.25) is 0 Å². The maximum atomic E-state index is 6.01. The molecule has 1 aromatic rings. The zero-order valence-electron chi connectivity index (χ0n) is 10.4. The topological polar surface area (TPSA) is 21.3 Å². The van der Waals surface area contributed by atoms with Crippen LogP contribution in [0.3, 0.4) is 0 Å². The van der Waals surface area contributed by atoms with E-state index in [4.69, 9.17) is 4.74 Å². The van der Waals surface area contributed by atoms with E-state index in [2.05, 4.69) is 24.4 Å². The third-order valence-corrected chi connectivity index (χ3v) is 4.79. The van der Waals surface area contributed by atoms with E-state index in [0.29, 0.717) is 12.0 Å². The fourth-order valence-corrected chi connectivity index (χ4v) is 3.60. The van der Waals surface area contributed by atoms with Crippen molar-refractivity contribution in [3.63, 3.8) is 0 Å². The van der Waals surface area contributed by atoms with Crippen LogP contribution in [0.5, 0.6) is 0 Å². The van der Waals surface area contributed by atoms with E-state index < -0.39 is 0 Å². The van der Waals surface area contributed by atoms with E-state index in [0.717, 1.165) is 19.2 Å². The largest absolute Gasteiger partial charge is 0.372 e. The van der Waals surface area contributed by atoms with E-state index in [9.17, 15) is 0 Å². The fourth-order valence-electron chi connectivity index (χ4n) is 2.58. The van der Waals surface area contributed by atoms with Crippen molar-refractivity contribution < 1.29 is 4.74 Å². The minimum atomic E-state index is 0.341. The number of rotatable bonds is 4. The lowest BCUT2D eigenvalue weighted by molar-refractivity contribution is -0.0257. The van der Waals surface area contributed by atoms with Crippen molar-refractivity contribution in [3.05, 3.63) is 21.9 Å². The molecule has 1 aliphatic heterocycles. The first-order valence-corrected chi connectivity index (χ1v) is 7.56. The Labute approximate surface area is 107 Å².